The van der Waals surface area contributed by atoms with Crippen LogP contribution in [0.5, 0.6) is 5.75 Å². The highest BCUT2D eigenvalue weighted by atomic mass is 32.2. The molecule has 0 aliphatic heterocycles. The van der Waals surface area contributed by atoms with Crippen molar-refractivity contribution < 1.29 is 5.11 Å². The fourth-order valence-electron chi connectivity index (χ4n) is 2.18. The number of aryl methyl sites for hydroxylation is 1. The number of hydrazone groups is 1. The predicted molar refractivity (Wildman–Crippen MR) is 103 cm³/mol. The van der Waals surface area contributed by atoms with Gasteiger partial charge in [0.1, 0.15) is 5.75 Å². The number of aromatic nitrogens is 1. The Morgan fingerprint density at radius 3 is 2.54 bits per heavy atom. The zero-order valence-corrected chi connectivity index (χ0v) is 15.0. The molecule has 122 valence electrons. The molecule has 3 aromatic rings. The molecule has 0 unspecified atom stereocenters. The molecule has 0 fully saturated rings. The van der Waals surface area contributed by atoms with Crippen molar-refractivity contribution in [3.8, 4) is 16.9 Å². The highest BCUT2D eigenvalue weighted by Crippen LogP contribution is 2.27. The topological polar surface area (TPSA) is 57.5 Å². The summed E-state index contributed by atoms with van der Waals surface area (Å²) in [6.07, 6.45) is 3.64. The number of nitrogens with zero attached hydrogens (tertiary/aromatic N) is 2. The minimum atomic E-state index is 0.197. The highest BCUT2D eigenvalue weighted by molar-refractivity contribution is 7.98. The van der Waals surface area contributed by atoms with E-state index in [1.54, 1.807) is 24.0 Å². The van der Waals surface area contributed by atoms with Gasteiger partial charge in [-0.15, -0.1) is 23.1 Å². The third-order valence-corrected chi connectivity index (χ3v) is 5.04. The standard InChI is InChI=1S/C18H17N3OS2/c1-12-11-24-18(20-12)21-19-10-15-4-3-14(9-17(15)22)13-5-7-16(23-2)8-6-13/h3-11,22H,1-2H3,(H,20,21). The van der Waals surface area contributed by atoms with Crippen molar-refractivity contribution in [3.63, 3.8) is 0 Å². The molecule has 24 heavy (non-hydrogen) atoms. The largest absolute Gasteiger partial charge is 0.507 e. The molecule has 0 saturated heterocycles. The molecule has 1 heterocycles. The lowest BCUT2D eigenvalue weighted by atomic mass is 10.0. The summed E-state index contributed by atoms with van der Waals surface area (Å²) in [5.74, 6) is 0.197. The molecule has 6 heteroatoms. The maximum Gasteiger partial charge on any atom is 0.203 e. The predicted octanol–water partition coefficient (Wildman–Crippen LogP) is 4.99. The first kappa shape index (κ1) is 16.5. The molecule has 3 rings (SSSR count). The number of hydrogen-bond acceptors (Lipinski definition) is 6. The molecule has 0 aliphatic carbocycles. The monoisotopic (exact) mass is 355 g/mol. The van der Waals surface area contributed by atoms with E-state index in [0.29, 0.717) is 5.56 Å². The Bertz CT molecular complexity index is 857. The second kappa shape index (κ2) is 7.51. The maximum atomic E-state index is 10.2. The summed E-state index contributed by atoms with van der Waals surface area (Å²) in [6, 6.07) is 13.8. The molecule has 1 aromatic heterocycles. The van der Waals surface area contributed by atoms with Crippen LogP contribution in [-0.4, -0.2) is 22.6 Å². The number of rotatable bonds is 5. The van der Waals surface area contributed by atoms with Gasteiger partial charge < -0.3 is 5.11 Å². The van der Waals surface area contributed by atoms with Crippen molar-refractivity contribution in [2.75, 3.05) is 11.7 Å². The smallest absolute Gasteiger partial charge is 0.203 e. The van der Waals surface area contributed by atoms with Crippen molar-refractivity contribution in [2.45, 2.75) is 11.8 Å². The third-order valence-electron chi connectivity index (χ3n) is 3.44. The van der Waals surface area contributed by atoms with E-state index in [1.165, 1.54) is 16.2 Å². The van der Waals surface area contributed by atoms with Crippen LogP contribution in [0, 0.1) is 6.92 Å². The molecular weight excluding hydrogens is 338 g/mol. The molecule has 0 aliphatic rings. The van der Waals surface area contributed by atoms with E-state index in [2.05, 4.69) is 46.0 Å². The molecule has 0 spiro atoms. The first-order valence-electron chi connectivity index (χ1n) is 7.34. The number of benzene rings is 2. The summed E-state index contributed by atoms with van der Waals surface area (Å²) < 4.78 is 0. The van der Waals surface area contributed by atoms with Gasteiger partial charge in [0.15, 0.2) is 0 Å². The van der Waals surface area contributed by atoms with E-state index in [-0.39, 0.29) is 5.75 Å². The Hall–Kier alpha value is -2.31. The Morgan fingerprint density at radius 2 is 1.92 bits per heavy atom. The molecular formula is C18H17N3OS2. The zero-order valence-electron chi connectivity index (χ0n) is 13.4. The second-order valence-corrected chi connectivity index (χ2v) is 6.90. The van der Waals surface area contributed by atoms with Crippen LogP contribution in [0.25, 0.3) is 11.1 Å². The highest BCUT2D eigenvalue weighted by Gasteiger charge is 2.03. The van der Waals surface area contributed by atoms with Crippen LogP contribution in [0.2, 0.25) is 0 Å². The summed E-state index contributed by atoms with van der Waals surface area (Å²) in [7, 11) is 0. The number of aromatic hydroxyl groups is 1. The van der Waals surface area contributed by atoms with E-state index < -0.39 is 0 Å². The van der Waals surface area contributed by atoms with Gasteiger partial charge in [-0.25, -0.2) is 4.98 Å². The molecule has 4 nitrogen and oxygen atoms in total. The number of hydrogen-bond donors (Lipinski definition) is 2. The molecule has 0 bridgehead atoms. The van der Waals surface area contributed by atoms with Gasteiger partial charge in [0.25, 0.3) is 0 Å². The molecule has 0 radical (unpaired) electrons. The Morgan fingerprint density at radius 1 is 1.17 bits per heavy atom. The van der Waals surface area contributed by atoms with Crippen molar-refractivity contribution in [1.82, 2.24) is 4.98 Å². The van der Waals surface area contributed by atoms with Gasteiger partial charge >= 0.3 is 0 Å². The van der Waals surface area contributed by atoms with Gasteiger partial charge in [-0.3, -0.25) is 5.43 Å². The number of thiazole rings is 1. The lowest BCUT2D eigenvalue weighted by Gasteiger charge is -2.06. The van der Waals surface area contributed by atoms with E-state index in [4.69, 9.17) is 0 Å². The van der Waals surface area contributed by atoms with Crippen LogP contribution < -0.4 is 5.43 Å². The quantitative estimate of drug-likeness (QED) is 0.384. The Kier molecular flexibility index (Phi) is 5.17. The maximum absolute atomic E-state index is 10.2. The molecule has 0 amide bonds. The molecule has 2 N–H and O–H groups in total. The average molecular weight is 355 g/mol. The summed E-state index contributed by atoms with van der Waals surface area (Å²) in [4.78, 5) is 5.48. The van der Waals surface area contributed by atoms with Crippen LogP contribution in [0.3, 0.4) is 0 Å². The van der Waals surface area contributed by atoms with Gasteiger partial charge in [0, 0.05) is 15.8 Å². The summed E-state index contributed by atoms with van der Waals surface area (Å²) >= 11 is 3.20. The summed E-state index contributed by atoms with van der Waals surface area (Å²) in [6.45, 7) is 1.93. The zero-order chi connectivity index (χ0) is 16.9. The molecule has 0 atom stereocenters. The lowest BCUT2D eigenvalue weighted by Crippen LogP contribution is -1.91. The number of phenols is 1. The van der Waals surface area contributed by atoms with E-state index >= 15 is 0 Å². The van der Waals surface area contributed by atoms with Crippen LogP contribution in [0.1, 0.15) is 11.3 Å². The second-order valence-electron chi connectivity index (χ2n) is 5.17. The Balaban J connectivity index is 1.74. The van der Waals surface area contributed by atoms with Crippen molar-refractivity contribution >= 4 is 34.4 Å². The van der Waals surface area contributed by atoms with Crippen molar-refractivity contribution in [2.24, 2.45) is 5.10 Å². The fourth-order valence-corrected chi connectivity index (χ4v) is 3.22. The normalized spacial score (nSPS) is 11.1. The molecule has 0 saturated carbocycles. The minimum absolute atomic E-state index is 0.197. The minimum Gasteiger partial charge on any atom is -0.507 e. The number of nitrogens with one attached hydrogen (secondary N) is 1. The van der Waals surface area contributed by atoms with Gasteiger partial charge in [-0.1, -0.05) is 18.2 Å². The van der Waals surface area contributed by atoms with Crippen LogP contribution in [0.15, 0.2) is 57.8 Å². The van der Waals surface area contributed by atoms with Gasteiger partial charge in [0.05, 0.1) is 11.9 Å². The van der Waals surface area contributed by atoms with Crippen LogP contribution >= 0.6 is 23.1 Å². The van der Waals surface area contributed by atoms with E-state index in [9.17, 15) is 5.11 Å². The third kappa shape index (κ3) is 3.96. The first-order valence-corrected chi connectivity index (χ1v) is 9.45. The van der Waals surface area contributed by atoms with Crippen LogP contribution in [0.4, 0.5) is 5.13 Å². The van der Waals surface area contributed by atoms with E-state index in [1.807, 2.05) is 24.4 Å². The van der Waals surface area contributed by atoms with Gasteiger partial charge in [-0.05, 0) is 48.6 Å². The molecule has 2 aromatic carbocycles. The van der Waals surface area contributed by atoms with Gasteiger partial charge in [-0.2, -0.15) is 5.10 Å². The number of anilines is 1. The lowest BCUT2D eigenvalue weighted by molar-refractivity contribution is 0.474. The van der Waals surface area contributed by atoms with Crippen molar-refractivity contribution in [1.29, 1.82) is 0 Å². The number of phenolic OH excluding ortho intramolecular Hbond substituents is 1. The average Bonchev–Trinajstić information content (AvgIpc) is 3.02. The van der Waals surface area contributed by atoms with Crippen LogP contribution in [-0.2, 0) is 0 Å². The van der Waals surface area contributed by atoms with E-state index in [0.717, 1.165) is 22.0 Å². The summed E-state index contributed by atoms with van der Waals surface area (Å²) in [5.41, 5.74) is 6.52. The summed E-state index contributed by atoms with van der Waals surface area (Å²) in [5, 5.41) is 17.0. The van der Waals surface area contributed by atoms with Crippen molar-refractivity contribution in [3.05, 3.63) is 59.1 Å². The van der Waals surface area contributed by atoms with Gasteiger partial charge in [0.2, 0.25) is 5.13 Å². The number of thioether (sulfide) groups is 1. The Labute approximate surface area is 149 Å². The first-order chi connectivity index (χ1) is 11.7. The fraction of sp³-hybridized carbons (Fsp3) is 0.111. The SMILES string of the molecule is CSc1ccc(-c2ccc(C=NNc3nc(C)cs3)c(O)c2)cc1.